The minimum Gasteiger partial charge on any atom is -0.351 e. The van der Waals surface area contributed by atoms with Crippen LogP contribution in [0.3, 0.4) is 0 Å². The van der Waals surface area contributed by atoms with Gasteiger partial charge < -0.3 is 10.2 Å². The van der Waals surface area contributed by atoms with Crippen molar-refractivity contribution in [3.8, 4) is 0 Å². The van der Waals surface area contributed by atoms with Crippen molar-refractivity contribution in [1.29, 1.82) is 0 Å². The molecule has 1 saturated heterocycles. The van der Waals surface area contributed by atoms with Crippen LogP contribution in [0, 0.1) is 10.1 Å². The average molecular weight is 349 g/mol. The first kappa shape index (κ1) is 18.0. The van der Waals surface area contributed by atoms with Gasteiger partial charge in [-0.2, -0.15) is 18.3 Å². The normalized spacial score (nSPS) is 19.0. The number of aromatic nitrogens is 2. The SMILES string of the molecule is CCn1ncc([N+](=O)[O-])c1N1CCC[C@@H](NC(=O)C(F)(F)F)CC1. The monoisotopic (exact) mass is 349 g/mol. The van der Waals surface area contributed by atoms with Crippen molar-refractivity contribution in [2.24, 2.45) is 0 Å². The number of amides is 1. The number of anilines is 1. The molecule has 1 N–H and O–H groups in total. The second kappa shape index (κ2) is 7.05. The van der Waals surface area contributed by atoms with Crippen LogP contribution in [0.5, 0.6) is 0 Å². The fourth-order valence-corrected chi connectivity index (χ4v) is 2.77. The molecule has 2 rings (SSSR count). The van der Waals surface area contributed by atoms with E-state index in [9.17, 15) is 28.1 Å². The first-order chi connectivity index (χ1) is 11.2. The molecule has 1 aliphatic heterocycles. The third kappa shape index (κ3) is 3.95. The number of carbonyl (C=O) groups is 1. The molecule has 0 radical (unpaired) electrons. The number of alkyl halides is 3. The smallest absolute Gasteiger partial charge is 0.351 e. The summed E-state index contributed by atoms with van der Waals surface area (Å²) in [5.41, 5.74) is -0.130. The standard InChI is InChI=1S/C13H18F3N5O3/c1-2-20-11(10(8-17-20)21(23)24)19-6-3-4-9(5-7-19)18-12(22)13(14,15)16/h8-9H,2-7H2,1H3,(H,18,22)/t9-/m1/s1. The van der Waals surface area contributed by atoms with Crippen LogP contribution in [0.1, 0.15) is 26.2 Å². The molecule has 8 nitrogen and oxygen atoms in total. The first-order valence-electron chi connectivity index (χ1n) is 7.56. The molecule has 11 heteroatoms. The Morgan fingerprint density at radius 2 is 2.17 bits per heavy atom. The van der Waals surface area contributed by atoms with Gasteiger partial charge in [0, 0.05) is 25.7 Å². The van der Waals surface area contributed by atoms with E-state index in [1.54, 1.807) is 11.8 Å². The zero-order chi connectivity index (χ0) is 17.9. The molecule has 0 aromatic carbocycles. The minimum absolute atomic E-state index is 0.130. The van der Waals surface area contributed by atoms with Crippen molar-refractivity contribution in [3.63, 3.8) is 0 Å². The lowest BCUT2D eigenvalue weighted by atomic mass is 10.1. The minimum atomic E-state index is -4.91. The van der Waals surface area contributed by atoms with Crippen molar-refractivity contribution in [2.45, 2.75) is 44.9 Å². The predicted octanol–water partition coefficient (Wildman–Crippen LogP) is 1.85. The van der Waals surface area contributed by atoms with Crippen molar-refractivity contribution in [3.05, 3.63) is 16.3 Å². The van der Waals surface area contributed by atoms with Gasteiger partial charge in [-0.1, -0.05) is 0 Å². The molecule has 24 heavy (non-hydrogen) atoms. The third-order valence-electron chi connectivity index (χ3n) is 3.91. The Morgan fingerprint density at radius 1 is 1.46 bits per heavy atom. The highest BCUT2D eigenvalue weighted by molar-refractivity contribution is 5.81. The predicted molar refractivity (Wildman–Crippen MR) is 78.6 cm³/mol. The van der Waals surface area contributed by atoms with Crippen LogP contribution >= 0.6 is 0 Å². The maximum atomic E-state index is 12.3. The molecule has 1 amide bonds. The summed E-state index contributed by atoms with van der Waals surface area (Å²) in [4.78, 5) is 23.4. The molecule has 1 aromatic heterocycles. The Labute approximate surface area is 135 Å². The van der Waals surface area contributed by atoms with E-state index in [0.29, 0.717) is 38.3 Å². The highest BCUT2D eigenvalue weighted by Gasteiger charge is 2.40. The third-order valence-corrected chi connectivity index (χ3v) is 3.91. The van der Waals surface area contributed by atoms with Crippen LogP contribution in [0.15, 0.2) is 6.20 Å². The van der Waals surface area contributed by atoms with Gasteiger partial charge in [0.05, 0.1) is 4.92 Å². The Hall–Kier alpha value is -2.33. The lowest BCUT2D eigenvalue weighted by molar-refractivity contribution is -0.384. The van der Waals surface area contributed by atoms with E-state index >= 15 is 0 Å². The summed E-state index contributed by atoms with van der Waals surface area (Å²) in [5.74, 6) is -1.60. The summed E-state index contributed by atoms with van der Waals surface area (Å²) in [6.45, 7) is 2.98. The Balaban J connectivity index is 2.10. The lowest BCUT2D eigenvalue weighted by Crippen LogP contribution is -2.43. The van der Waals surface area contributed by atoms with Gasteiger partial charge >= 0.3 is 17.8 Å². The van der Waals surface area contributed by atoms with E-state index in [1.165, 1.54) is 10.9 Å². The molecular formula is C13H18F3N5O3. The summed E-state index contributed by atoms with van der Waals surface area (Å²) in [7, 11) is 0. The molecule has 134 valence electrons. The van der Waals surface area contributed by atoms with Crippen LogP contribution in [0.2, 0.25) is 0 Å². The van der Waals surface area contributed by atoms with Crippen LogP contribution in [-0.2, 0) is 11.3 Å². The van der Waals surface area contributed by atoms with Gasteiger partial charge in [-0.15, -0.1) is 0 Å². The number of nitrogens with zero attached hydrogens (tertiary/aromatic N) is 4. The topological polar surface area (TPSA) is 93.3 Å². The number of hydrogen-bond acceptors (Lipinski definition) is 5. The summed E-state index contributed by atoms with van der Waals surface area (Å²) in [6.07, 6.45) is -2.58. The quantitative estimate of drug-likeness (QED) is 0.661. The van der Waals surface area contributed by atoms with E-state index in [1.807, 2.05) is 5.32 Å². The molecule has 0 unspecified atom stereocenters. The summed E-state index contributed by atoms with van der Waals surface area (Å²) >= 11 is 0. The number of aryl methyl sites for hydroxylation is 1. The molecule has 0 saturated carbocycles. The van der Waals surface area contributed by atoms with E-state index in [0.717, 1.165) is 0 Å². The van der Waals surface area contributed by atoms with E-state index in [-0.39, 0.29) is 12.1 Å². The van der Waals surface area contributed by atoms with Gasteiger partial charge in [-0.05, 0) is 26.2 Å². The maximum absolute atomic E-state index is 12.3. The molecular weight excluding hydrogens is 331 g/mol. The van der Waals surface area contributed by atoms with Crippen molar-refractivity contribution >= 4 is 17.4 Å². The molecule has 1 fully saturated rings. The zero-order valence-corrected chi connectivity index (χ0v) is 13.0. The fraction of sp³-hybridized carbons (Fsp3) is 0.692. The highest BCUT2D eigenvalue weighted by Crippen LogP contribution is 2.30. The number of nitro groups is 1. The molecule has 2 heterocycles. The molecule has 0 spiro atoms. The second-order valence-corrected chi connectivity index (χ2v) is 5.51. The molecule has 1 aromatic rings. The van der Waals surface area contributed by atoms with Gasteiger partial charge in [0.25, 0.3) is 0 Å². The summed E-state index contributed by atoms with van der Waals surface area (Å²) in [5, 5.41) is 17.1. The van der Waals surface area contributed by atoms with Crippen LogP contribution in [0.25, 0.3) is 0 Å². The highest BCUT2D eigenvalue weighted by atomic mass is 19.4. The Kier molecular flexibility index (Phi) is 5.30. The van der Waals surface area contributed by atoms with Gasteiger partial charge in [0.2, 0.25) is 5.82 Å². The fourth-order valence-electron chi connectivity index (χ4n) is 2.77. The molecule has 1 atom stereocenters. The van der Waals surface area contributed by atoms with Crippen molar-refractivity contribution in [1.82, 2.24) is 15.1 Å². The number of rotatable bonds is 4. The van der Waals surface area contributed by atoms with Gasteiger partial charge in [-0.3, -0.25) is 14.9 Å². The van der Waals surface area contributed by atoms with E-state index in [4.69, 9.17) is 0 Å². The van der Waals surface area contributed by atoms with Gasteiger partial charge in [-0.25, -0.2) is 4.68 Å². The summed E-state index contributed by atoms with van der Waals surface area (Å²) < 4.78 is 38.5. The molecule has 0 aliphatic carbocycles. The zero-order valence-electron chi connectivity index (χ0n) is 13.0. The second-order valence-electron chi connectivity index (χ2n) is 5.51. The molecule has 1 aliphatic rings. The first-order valence-corrected chi connectivity index (χ1v) is 7.56. The number of halogens is 3. The lowest BCUT2D eigenvalue weighted by Gasteiger charge is -2.22. The number of carbonyl (C=O) groups excluding carboxylic acids is 1. The largest absolute Gasteiger partial charge is 0.471 e. The summed E-state index contributed by atoms with van der Waals surface area (Å²) in [6, 6.07) is -0.610. The van der Waals surface area contributed by atoms with Crippen LogP contribution < -0.4 is 10.2 Å². The maximum Gasteiger partial charge on any atom is 0.471 e. The molecule has 0 bridgehead atoms. The van der Waals surface area contributed by atoms with Crippen molar-refractivity contribution in [2.75, 3.05) is 18.0 Å². The van der Waals surface area contributed by atoms with Crippen LogP contribution in [-0.4, -0.2) is 45.9 Å². The number of nitrogens with one attached hydrogen (secondary N) is 1. The Bertz CT molecular complexity index is 616. The number of hydrogen-bond donors (Lipinski definition) is 1. The van der Waals surface area contributed by atoms with Gasteiger partial charge in [0.15, 0.2) is 0 Å². The average Bonchev–Trinajstić information content (AvgIpc) is 2.80. The van der Waals surface area contributed by atoms with E-state index in [2.05, 4.69) is 5.10 Å². The van der Waals surface area contributed by atoms with Gasteiger partial charge in [0.1, 0.15) is 6.20 Å². The Morgan fingerprint density at radius 3 is 2.75 bits per heavy atom. The van der Waals surface area contributed by atoms with E-state index < -0.39 is 23.0 Å². The van der Waals surface area contributed by atoms with Crippen molar-refractivity contribution < 1.29 is 22.9 Å². The van der Waals surface area contributed by atoms with Crippen LogP contribution in [0.4, 0.5) is 24.7 Å².